The van der Waals surface area contributed by atoms with E-state index in [4.69, 9.17) is 9.47 Å². The highest BCUT2D eigenvalue weighted by molar-refractivity contribution is 6.09. The molecule has 0 aromatic heterocycles. The van der Waals surface area contributed by atoms with Crippen molar-refractivity contribution in [2.45, 2.75) is 70.4 Å². The second-order valence-electron chi connectivity index (χ2n) is 9.36. The summed E-state index contributed by atoms with van der Waals surface area (Å²) < 4.78 is 11.5. The van der Waals surface area contributed by atoms with Gasteiger partial charge in [0.15, 0.2) is 11.5 Å². The molecular formula is C24H33N3O5. The van der Waals surface area contributed by atoms with E-state index in [0.29, 0.717) is 37.6 Å². The van der Waals surface area contributed by atoms with Gasteiger partial charge in [0.05, 0.1) is 19.3 Å². The first-order valence-corrected chi connectivity index (χ1v) is 11.7. The molecule has 4 rings (SSSR count). The molecule has 8 nitrogen and oxygen atoms in total. The normalized spacial score (nSPS) is 21.2. The molecule has 1 saturated heterocycles. The summed E-state index contributed by atoms with van der Waals surface area (Å²) in [5, 5.41) is 5.91. The number of imide groups is 1. The average Bonchev–Trinajstić information content (AvgIpc) is 3.04. The summed E-state index contributed by atoms with van der Waals surface area (Å²) in [7, 11) is 0. The molecule has 1 atom stereocenters. The SMILES string of the molecule is CC(C)[C@H](NC(=O)CN1C(=O)NC2(CCCCCC2)C1=O)c1ccc2c(c1)OCCCO2. The fourth-order valence-corrected chi connectivity index (χ4v) is 4.86. The van der Waals surface area contributed by atoms with Gasteiger partial charge < -0.3 is 20.1 Å². The molecule has 2 N–H and O–H groups in total. The Morgan fingerprint density at radius 2 is 1.75 bits per heavy atom. The predicted octanol–water partition coefficient (Wildman–Crippen LogP) is 3.31. The number of nitrogens with one attached hydrogen (secondary N) is 2. The van der Waals surface area contributed by atoms with Crippen molar-refractivity contribution < 1.29 is 23.9 Å². The number of urea groups is 1. The van der Waals surface area contributed by atoms with Gasteiger partial charge in [-0.25, -0.2) is 4.79 Å². The van der Waals surface area contributed by atoms with Crippen LogP contribution in [0.4, 0.5) is 4.79 Å². The fraction of sp³-hybridized carbons (Fsp3) is 0.625. The maximum atomic E-state index is 13.1. The fourth-order valence-electron chi connectivity index (χ4n) is 4.86. The number of carbonyl (C=O) groups is 3. The number of carbonyl (C=O) groups excluding carboxylic acids is 3. The Labute approximate surface area is 189 Å². The van der Waals surface area contributed by atoms with Crippen LogP contribution in [0.2, 0.25) is 0 Å². The van der Waals surface area contributed by atoms with E-state index in [-0.39, 0.29) is 30.3 Å². The van der Waals surface area contributed by atoms with Crippen LogP contribution in [-0.4, -0.2) is 48.0 Å². The van der Waals surface area contributed by atoms with Crippen LogP contribution >= 0.6 is 0 Å². The summed E-state index contributed by atoms with van der Waals surface area (Å²) in [6, 6.07) is 4.94. The second-order valence-corrected chi connectivity index (χ2v) is 9.36. The lowest BCUT2D eigenvalue weighted by molar-refractivity contribution is -0.135. The molecule has 8 heteroatoms. The number of ether oxygens (including phenoxy) is 2. The molecule has 1 aromatic rings. The van der Waals surface area contributed by atoms with Crippen molar-refractivity contribution in [3.63, 3.8) is 0 Å². The minimum atomic E-state index is -0.834. The van der Waals surface area contributed by atoms with E-state index in [1.165, 1.54) is 0 Å². The highest BCUT2D eigenvalue weighted by Crippen LogP contribution is 2.35. The van der Waals surface area contributed by atoms with E-state index in [2.05, 4.69) is 10.6 Å². The number of amides is 4. The number of hydrogen-bond donors (Lipinski definition) is 2. The van der Waals surface area contributed by atoms with E-state index in [9.17, 15) is 14.4 Å². The number of hydrogen-bond acceptors (Lipinski definition) is 5. The summed E-state index contributed by atoms with van der Waals surface area (Å²) in [6.45, 7) is 4.96. The largest absolute Gasteiger partial charge is 0.490 e. The number of nitrogens with zero attached hydrogens (tertiary/aromatic N) is 1. The molecule has 4 amide bonds. The molecule has 1 spiro atoms. The summed E-state index contributed by atoms with van der Waals surface area (Å²) >= 11 is 0. The topological polar surface area (TPSA) is 97.0 Å². The second kappa shape index (κ2) is 9.38. The van der Waals surface area contributed by atoms with Gasteiger partial charge in [-0.1, -0.05) is 45.6 Å². The lowest BCUT2D eigenvalue weighted by atomic mass is 9.90. The molecule has 0 unspecified atom stereocenters. The van der Waals surface area contributed by atoms with Crippen LogP contribution in [0.1, 0.15) is 70.4 Å². The van der Waals surface area contributed by atoms with Crippen LogP contribution in [0.3, 0.4) is 0 Å². The zero-order valence-corrected chi connectivity index (χ0v) is 18.9. The first-order chi connectivity index (χ1) is 15.4. The van der Waals surface area contributed by atoms with Crippen LogP contribution in [0.5, 0.6) is 11.5 Å². The molecule has 0 radical (unpaired) electrons. The summed E-state index contributed by atoms with van der Waals surface area (Å²) in [4.78, 5) is 39.7. The van der Waals surface area contributed by atoms with Crippen molar-refractivity contribution in [3.05, 3.63) is 23.8 Å². The molecular weight excluding hydrogens is 410 g/mol. The van der Waals surface area contributed by atoms with Gasteiger partial charge >= 0.3 is 6.03 Å². The van der Waals surface area contributed by atoms with Crippen LogP contribution in [0.15, 0.2) is 18.2 Å². The molecule has 2 fully saturated rings. The van der Waals surface area contributed by atoms with Crippen molar-refractivity contribution in [1.82, 2.24) is 15.5 Å². The van der Waals surface area contributed by atoms with E-state index >= 15 is 0 Å². The zero-order valence-electron chi connectivity index (χ0n) is 18.9. The zero-order chi connectivity index (χ0) is 22.7. The van der Waals surface area contributed by atoms with Crippen molar-refractivity contribution in [3.8, 4) is 11.5 Å². The van der Waals surface area contributed by atoms with E-state index in [0.717, 1.165) is 42.6 Å². The Hall–Kier alpha value is -2.77. The molecule has 1 aliphatic carbocycles. The molecule has 3 aliphatic rings. The van der Waals surface area contributed by atoms with Gasteiger partial charge in [0.2, 0.25) is 5.91 Å². The third-order valence-electron chi connectivity index (χ3n) is 6.62. The predicted molar refractivity (Wildman–Crippen MR) is 118 cm³/mol. The summed E-state index contributed by atoms with van der Waals surface area (Å²) in [6.07, 6.45) is 6.05. The van der Waals surface area contributed by atoms with Gasteiger partial charge in [0.25, 0.3) is 5.91 Å². The molecule has 2 aliphatic heterocycles. The van der Waals surface area contributed by atoms with Gasteiger partial charge in [-0.2, -0.15) is 0 Å². The summed E-state index contributed by atoms with van der Waals surface area (Å²) in [5.41, 5.74) is 0.0645. The van der Waals surface area contributed by atoms with Gasteiger partial charge in [-0.3, -0.25) is 14.5 Å². The van der Waals surface area contributed by atoms with E-state index in [1.807, 2.05) is 32.0 Å². The Morgan fingerprint density at radius 3 is 2.44 bits per heavy atom. The molecule has 0 bridgehead atoms. The Morgan fingerprint density at radius 1 is 1.06 bits per heavy atom. The van der Waals surface area contributed by atoms with Gasteiger partial charge in [0.1, 0.15) is 12.1 Å². The minimum absolute atomic E-state index is 0.0972. The van der Waals surface area contributed by atoms with Crippen molar-refractivity contribution >= 4 is 17.8 Å². The number of fused-ring (bicyclic) bond motifs is 1. The summed E-state index contributed by atoms with van der Waals surface area (Å²) in [5.74, 6) is 0.846. The van der Waals surface area contributed by atoms with Crippen molar-refractivity contribution in [1.29, 1.82) is 0 Å². The van der Waals surface area contributed by atoms with Crippen LogP contribution in [0.25, 0.3) is 0 Å². The standard InChI is InChI=1S/C24H33N3O5/c1-16(2)21(17-8-9-18-19(14-17)32-13-7-12-31-18)25-20(28)15-27-22(29)24(26-23(27)30)10-5-3-4-6-11-24/h8-9,14,16,21H,3-7,10-13,15H2,1-2H3,(H,25,28)(H,26,30)/t21-/m0/s1. The first-order valence-electron chi connectivity index (χ1n) is 11.7. The van der Waals surface area contributed by atoms with Crippen LogP contribution < -0.4 is 20.1 Å². The molecule has 1 saturated carbocycles. The maximum Gasteiger partial charge on any atom is 0.325 e. The lowest BCUT2D eigenvalue weighted by Crippen LogP contribution is -2.47. The third kappa shape index (κ3) is 4.54. The smallest absolute Gasteiger partial charge is 0.325 e. The number of rotatable bonds is 5. The molecule has 32 heavy (non-hydrogen) atoms. The maximum absolute atomic E-state index is 13.1. The molecule has 1 aromatic carbocycles. The molecule has 2 heterocycles. The van der Waals surface area contributed by atoms with Gasteiger partial charge in [0, 0.05) is 6.42 Å². The van der Waals surface area contributed by atoms with Crippen molar-refractivity contribution in [2.75, 3.05) is 19.8 Å². The highest BCUT2D eigenvalue weighted by Gasteiger charge is 2.51. The lowest BCUT2D eigenvalue weighted by Gasteiger charge is -2.26. The van der Waals surface area contributed by atoms with Gasteiger partial charge in [-0.15, -0.1) is 0 Å². The van der Waals surface area contributed by atoms with Crippen molar-refractivity contribution in [2.24, 2.45) is 5.92 Å². The number of benzene rings is 1. The Kier molecular flexibility index (Phi) is 6.58. The van der Waals surface area contributed by atoms with Crippen LogP contribution in [-0.2, 0) is 9.59 Å². The average molecular weight is 444 g/mol. The van der Waals surface area contributed by atoms with E-state index in [1.54, 1.807) is 0 Å². The van der Waals surface area contributed by atoms with Crippen LogP contribution in [0, 0.1) is 5.92 Å². The molecule has 174 valence electrons. The Balaban J connectivity index is 1.45. The third-order valence-corrected chi connectivity index (χ3v) is 6.62. The van der Waals surface area contributed by atoms with E-state index < -0.39 is 11.6 Å². The monoisotopic (exact) mass is 443 g/mol. The van der Waals surface area contributed by atoms with Gasteiger partial charge in [-0.05, 0) is 36.5 Å². The quantitative estimate of drug-likeness (QED) is 0.681. The Bertz CT molecular complexity index is 876. The minimum Gasteiger partial charge on any atom is -0.490 e. The first kappa shape index (κ1) is 22.4. The highest BCUT2D eigenvalue weighted by atomic mass is 16.5.